The third-order valence-corrected chi connectivity index (χ3v) is 4.50. The molecule has 0 radical (unpaired) electrons. The van der Waals surface area contributed by atoms with Crippen molar-refractivity contribution in [1.29, 1.82) is 0 Å². The molecule has 1 saturated carbocycles. The summed E-state index contributed by atoms with van der Waals surface area (Å²) in [6, 6.07) is 2.14. The molecule has 7 heteroatoms. The number of carbonyl (C=O) groups excluding carboxylic acids is 1. The number of carboxylic acids is 1. The number of nitrogens with one attached hydrogen (secondary N) is 2. The predicted octanol–water partition coefficient (Wildman–Crippen LogP) is 1.44. The summed E-state index contributed by atoms with van der Waals surface area (Å²) in [6.45, 7) is 7.10. The fraction of sp³-hybridized carbons (Fsp3) is 0.588. The van der Waals surface area contributed by atoms with Crippen LogP contribution in [0.1, 0.15) is 36.6 Å². The highest BCUT2D eigenvalue weighted by atomic mass is 16.4. The zero-order chi connectivity index (χ0) is 17.7. The van der Waals surface area contributed by atoms with Crippen LogP contribution >= 0.6 is 0 Å². The van der Waals surface area contributed by atoms with Crippen molar-refractivity contribution >= 4 is 12.0 Å². The minimum atomic E-state index is -0.812. The van der Waals surface area contributed by atoms with Gasteiger partial charge in [0, 0.05) is 30.5 Å². The van der Waals surface area contributed by atoms with Crippen LogP contribution in [-0.2, 0) is 11.3 Å². The first kappa shape index (κ1) is 18.2. The van der Waals surface area contributed by atoms with Gasteiger partial charge in [-0.15, -0.1) is 0 Å². The number of aromatic nitrogens is 1. The largest absolute Gasteiger partial charge is 0.480 e. The molecular weight excluding hydrogens is 308 g/mol. The topological polar surface area (TPSA) is 94.6 Å². The van der Waals surface area contributed by atoms with E-state index in [2.05, 4.69) is 15.6 Å². The van der Waals surface area contributed by atoms with E-state index in [1.54, 1.807) is 6.20 Å². The van der Waals surface area contributed by atoms with E-state index in [-0.39, 0.29) is 24.7 Å². The highest BCUT2D eigenvalue weighted by Crippen LogP contribution is 2.25. The summed E-state index contributed by atoms with van der Waals surface area (Å²) in [5, 5.41) is 14.7. The SMILES string of the molecule is CCN(CC(=O)O)C1CC(NC(=O)NCc2cnc(C)cc2C)C1. The number of urea groups is 1. The summed E-state index contributed by atoms with van der Waals surface area (Å²) < 4.78 is 0. The molecule has 7 nitrogen and oxygen atoms in total. The molecule has 1 aliphatic carbocycles. The number of pyridine rings is 1. The lowest BCUT2D eigenvalue weighted by Crippen LogP contribution is -2.56. The van der Waals surface area contributed by atoms with Gasteiger partial charge < -0.3 is 15.7 Å². The molecule has 0 spiro atoms. The monoisotopic (exact) mass is 334 g/mol. The summed E-state index contributed by atoms with van der Waals surface area (Å²) >= 11 is 0. The summed E-state index contributed by atoms with van der Waals surface area (Å²) in [7, 11) is 0. The Morgan fingerprint density at radius 3 is 2.67 bits per heavy atom. The van der Waals surface area contributed by atoms with Gasteiger partial charge >= 0.3 is 12.0 Å². The highest BCUT2D eigenvalue weighted by molar-refractivity contribution is 5.74. The van der Waals surface area contributed by atoms with Crippen LogP contribution in [0.5, 0.6) is 0 Å². The number of hydrogen-bond acceptors (Lipinski definition) is 4. The van der Waals surface area contributed by atoms with Crippen molar-refractivity contribution < 1.29 is 14.7 Å². The van der Waals surface area contributed by atoms with E-state index >= 15 is 0 Å². The second-order valence-electron chi connectivity index (χ2n) is 6.36. The number of aliphatic carboxylic acids is 1. The second-order valence-corrected chi connectivity index (χ2v) is 6.36. The average molecular weight is 334 g/mol. The number of carbonyl (C=O) groups is 2. The van der Waals surface area contributed by atoms with Crippen LogP contribution in [0, 0.1) is 13.8 Å². The van der Waals surface area contributed by atoms with Gasteiger partial charge in [0.15, 0.2) is 0 Å². The Morgan fingerprint density at radius 1 is 1.38 bits per heavy atom. The van der Waals surface area contributed by atoms with Gasteiger partial charge in [-0.3, -0.25) is 14.7 Å². The smallest absolute Gasteiger partial charge is 0.317 e. The number of likely N-dealkylation sites (N-methyl/N-ethyl adjacent to an activating group) is 1. The Labute approximate surface area is 142 Å². The fourth-order valence-electron chi connectivity index (χ4n) is 3.00. The Bertz CT molecular complexity index is 599. The molecule has 2 rings (SSSR count). The third-order valence-electron chi connectivity index (χ3n) is 4.50. The minimum absolute atomic E-state index is 0.0553. The van der Waals surface area contributed by atoms with E-state index in [1.807, 2.05) is 31.7 Å². The summed E-state index contributed by atoms with van der Waals surface area (Å²) in [4.78, 5) is 29.0. The van der Waals surface area contributed by atoms with Crippen molar-refractivity contribution in [2.24, 2.45) is 0 Å². The van der Waals surface area contributed by atoms with Crippen LogP contribution in [0.4, 0.5) is 4.79 Å². The van der Waals surface area contributed by atoms with Gasteiger partial charge in [0.05, 0.1) is 6.54 Å². The maximum absolute atomic E-state index is 12.0. The molecule has 0 saturated heterocycles. The number of carboxylic acid groups (broad SMARTS) is 1. The zero-order valence-corrected chi connectivity index (χ0v) is 14.5. The van der Waals surface area contributed by atoms with E-state index in [1.165, 1.54) is 0 Å². The fourth-order valence-corrected chi connectivity index (χ4v) is 3.00. The van der Waals surface area contributed by atoms with Crippen LogP contribution in [0.15, 0.2) is 12.3 Å². The molecule has 0 bridgehead atoms. The number of nitrogens with zero attached hydrogens (tertiary/aromatic N) is 2. The first-order valence-corrected chi connectivity index (χ1v) is 8.31. The second kappa shape index (κ2) is 8.10. The van der Waals surface area contributed by atoms with E-state index < -0.39 is 5.97 Å². The Morgan fingerprint density at radius 2 is 2.08 bits per heavy atom. The molecule has 132 valence electrons. The van der Waals surface area contributed by atoms with Crippen molar-refractivity contribution in [3.63, 3.8) is 0 Å². The molecule has 1 fully saturated rings. The van der Waals surface area contributed by atoms with E-state index in [0.717, 1.165) is 29.7 Å². The highest BCUT2D eigenvalue weighted by Gasteiger charge is 2.34. The van der Waals surface area contributed by atoms with Gasteiger partial charge in [0.2, 0.25) is 0 Å². The van der Waals surface area contributed by atoms with Gasteiger partial charge in [-0.25, -0.2) is 4.79 Å². The van der Waals surface area contributed by atoms with Gasteiger partial charge in [0.25, 0.3) is 0 Å². The van der Waals surface area contributed by atoms with Crippen molar-refractivity contribution in [3.05, 3.63) is 29.1 Å². The summed E-state index contributed by atoms with van der Waals surface area (Å²) in [5.74, 6) is -0.812. The molecule has 0 atom stereocenters. The quantitative estimate of drug-likeness (QED) is 0.701. The molecule has 24 heavy (non-hydrogen) atoms. The maximum atomic E-state index is 12.0. The molecule has 1 aliphatic rings. The molecule has 0 aromatic carbocycles. The Hall–Kier alpha value is -2.15. The van der Waals surface area contributed by atoms with E-state index in [9.17, 15) is 9.59 Å². The Balaban J connectivity index is 1.72. The molecule has 2 amide bonds. The lowest BCUT2D eigenvalue weighted by atomic mass is 9.85. The van der Waals surface area contributed by atoms with Crippen LogP contribution in [0.25, 0.3) is 0 Å². The standard InChI is InChI=1S/C17H26N4O3/c1-4-21(10-16(22)23)15-6-14(7-15)20-17(24)19-9-13-8-18-12(3)5-11(13)2/h5,8,14-15H,4,6-7,9-10H2,1-3H3,(H,22,23)(H2,19,20,24). The molecule has 0 unspecified atom stereocenters. The summed E-state index contributed by atoms with van der Waals surface area (Å²) in [5.41, 5.74) is 3.07. The van der Waals surface area contributed by atoms with Crippen LogP contribution in [0.2, 0.25) is 0 Å². The van der Waals surface area contributed by atoms with Crippen LogP contribution < -0.4 is 10.6 Å². The van der Waals surface area contributed by atoms with Crippen molar-refractivity contribution in [3.8, 4) is 0 Å². The van der Waals surface area contributed by atoms with Gasteiger partial charge in [-0.1, -0.05) is 6.92 Å². The molecule has 3 N–H and O–H groups in total. The first-order valence-electron chi connectivity index (χ1n) is 8.31. The number of hydrogen-bond donors (Lipinski definition) is 3. The van der Waals surface area contributed by atoms with Crippen molar-refractivity contribution in [2.75, 3.05) is 13.1 Å². The maximum Gasteiger partial charge on any atom is 0.317 e. The molecular formula is C17H26N4O3. The minimum Gasteiger partial charge on any atom is -0.480 e. The first-order chi connectivity index (χ1) is 11.4. The van der Waals surface area contributed by atoms with Gasteiger partial charge in [-0.05, 0) is 50.4 Å². The number of amides is 2. The Kier molecular flexibility index (Phi) is 6.14. The van der Waals surface area contributed by atoms with Gasteiger partial charge in [0.1, 0.15) is 0 Å². The van der Waals surface area contributed by atoms with Crippen LogP contribution in [0.3, 0.4) is 0 Å². The lowest BCUT2D eigenvalue weighted by molar-refractivity contribution is -0.139. The number of rotatable bonds is 7. The third kappa shape index (κ3) is 4.92. The predicted molar refractivity (Wildman–Crippen MR) is 90.8 cm³/mol. The normalized spacial score (nSPS) is 19.7. The molecule has 0 aliphatic heterocycles. The van der Waals surface area contributed by atoms with E-state index in [4.69, 9.17) is 5.11 Å². The molecule has 1 heterocycles. The van der Waals surface area contributed by atoms with Crippen LogP contribution in [-0.4, -0.2) is 52.2 Å². The van der Waals surface area contributed by atoms with Crippen molar-refractivity contribution in [2.45, 2.75) is 52.2 Å². The zero-order valence-electron chi connectivity index (χ0n) is 14.5. The lowest BCUT2D eigenvalue weighted by Gasteiger charge is -2.42. The molecule has 1 aromatic rings. The van der Waals surface area contributed by atoms with Gasteiger partial charge in [-0.2, -0.15) is 0 Å². The number of aryl methyl sites for hydroxylation is 2. The van der Waals surface area contributed by atoms with Crippen molar-refractivity contribution in [1.82, 2.24) is 20.5 Å². The van der Waals surface area contributed by atoms with E-state index in [0.29, 0.717) is 13.1 Å². The average Bonchev–Trinajstić information content (AvgIpc) is 2.47. The molecule has 1 aromatic heterocycles. The summed E-state index contributed by atoms with van der Waals surface area (Å²) in [6.07, 6.45) is 3.37.